The first-order valence-electron chi connectivity index (χ1n) is 10.2. The van der Waals surface area contributed by atoms with Crippen molar-refractivity contribution in [2.45, 2.75) is 37.8 Å². The standard InChI is InChI=1S/C23H25ClN2O4/c1-29-21-13-16(24)6-11-20(21)23(28)26-12-2-3-18(26)14-30-19-9-4-15(5-10-19)22(27)25-17-7-8-17/h4-6,9-11,13,17-18H,2-3,7-8,12,14H2,1H3,(H,25,27)/t18-/m0/s1. The fraction of sp³-hybridized carbons (Fsp3) is 0.391. The molecule has 1 heterocycles. The Balaban J connectivity index is 1.37. The number of amides is 2. The molecule has 4 rings (SSSR count). The van der Waals surface area contributed by atoms with Crippen LogP contribution in [0.15, 0.2) is 42.5 Å². The van der Waals surface area contributed by atoms with Crippen LogP contribution >= 0.6 is 11.6 Å². The molecule has 1 saturated heterocycles. The van der Waals surface area contributed by atoms with Crippen LogP contribution in [0.2, 0.25) is 5.02 Å². The molecule has 1 saturated carbocycles. The lowest BCUT2D eigenvalue weighted by Crippen LogP contribution is -2.39. The van der Waals surface area contributed by atoms with Crippen LogP contribution in [-0.2, 0) is 0 Å². The van der Waals surface area contributed by atoms with Crippen LogP contribution in [0.3, 0.4) is 0 Å². The van der Waals surface area contributed by atoms with Crippen molar-refractivity contribution < 1.29 is 19.1 Å². The Morgan fingerprint density at radius 3 is 2.60 bits per heavy atom. The van der Waals surface area contributed by atoms with Gasteiger partial charge in [0.05, 0.1) is 18.7 Å². The summed E-state index contributed by atoms with van der Waals surface area (Å²) in [5.74, 6) is 1.02. The smallest absolute Gasteiger partial charge is 0.257 e. The fourth-order valence-electron chi connectivity index (χ4n) is 3.66. The van der Waals surface area contributed by atoms with Gasteiger partial charge in [-0.05, 0) is 68.1 Å². The second kappa shape index (κ2) is 8.96. The molecule has 0 spiro atoms. The van der Waals surface area contributed by atoms with E-state index >= 15 is 0 Å². The Kier molecular flexibility index (Phi) is 6.13. The number of hydrogen-bond donors (Lipinski definition) is 1. The zero-order valence-corrected chi connectivity index (χ0v) is 17.7. The number of hydrogen-bond acceptors (Lipinski definition) is 4. The Bertz CT molecular complexity index is 927. The molecule has 1 N–H and O–H groups in total. The maximum atomic E-state index is 13.1. The summed E-state index contributed by atoms with van der Waals surface area (Å²) in [4.78, 5) is 27.0. The topological polar surface area (TPSA) is 67.9 Å². The molecule has 1 atom stereocenters. The van der Waals surface area contributed by atoms with Crippen LogP contribution in [0.1, 0.15) is 46.4 Å². The van der Waals surface area contributed by atoms with Crippen molar-refractivity contribution in [3.63, 3.8) is 0 Å². The van der Waals surface area contributed by atoms with Crippen molar-refractivity contribution in [1.29, 1.82) is 0 Å². The van der Waals surface area contributed by atoms with Gasteiger partial charge in [0, 0.05) is 23.2 Å². The normalized spacial score (nSPS) is 18.2. The molecule has 30 heavy (non-hydrogen) atoms. The summed E-state index contributed by atoms with van der Waals surface area (Å²) >= 11 is 6.01. The highest BCUT2D eigenvalue weighted by Gasteiger charge is 2.31. The zero-order chi connectivity index (χ0) is 21.1. The second-order valence-electron chi connectivity index (χ2n) is 7.72. The lowest BCUT2D eigenvalue weighted by molar-refractivity contribution is 0.0688. The number of likely N-dealkylation sites (tertiary alicyclic amines) is 1. The highest BCUT2D eigenvalue weighted by atomic mass is 35.5. The molecule has 1 aliphatic carbocycles. The van der Waals surface area contributed by atoms with E-state index in [-0.39, 0.29) is 17.9 Å². The van der Waals surface area contributed by atoms with Crippen molar-refractivity contribution in [3.05, 3.63) is 58.6 Å². The summed E-state index contributed by atoms with van der Waals surface area (Å²) in [6.45, 7) is 1.08. The number of ether oxygens (including phenoxy) is 2. The Labute approximate surface area is 181 Å². The van der Waals surface area contributed by atoms with E-state index in [0.717, 1.165) is 25.7 Å². The summed E-state index contributed by atoms with van der Waals surface area (Å²) in [6, 6.07) is 12.5. The summed E-state index contributed by atoms with van der Waals surface area (Å²) in [7, 11) is 1.53. The first-order chi connectivity index (χ1) is 14.5. The predicted octanol–water partition coefficient (Wildman–Crippen LogP) is 3.92. The molecule has 1 aliphatic heterocycles. The monoisotopic (exact) mass is 428 g/mol. The SMILES string of the molecule is COc1cc(Cl)ccc1C(=O)N1CCC[C@H]1COc1ccc(C(=O)NC2CC2)cc1. The number of carbonyl (C=O) groups is 2. The maximum absolute atomic E-state index is 13.1. The Morgan fingerprint density at radius 1 is 1.13 bits per heavy atom. The molecule has 2 amide bonds. The van der Waals surface area contributed by atoms with Gasteiger partial charge in [-0.25, -0.2) is 0 Å². The van der Waals surface area contributed by atoms with Crippen LogP contribution < -0.4 is 14.8 Å². The van der Waals surface area contributed by atoms with Crippen molar-refractivity contribution in [3.8, 4) is 11.5 Å². The van der Waals surface area contributed by atoms with Crippen LogP contribution in [0, 0.1) is 0 Å². The Morgan fingerprint density at radius 2 is 1.90 bits per heavy atom. The minimum absolute atomic E-state index is 0.0178. The predicted molar refractivity (Wildman–Crippen MR) is 114 cm³/mol. The molecule has 2 aliphatic rings. The Hall–Kier alpha value is -2.73. The minimum Gasteiger partial charge on any atom is -0.496 e. The average Bonchev–Trinajstić information content (AvgIpc) is 3.45. The van der Waals surface area contributed by atoms with E-state index in [9.17, 15) is 9.59 Å². The lowest BCUT2D eigenvalue weighted by atomic mass is 10.1. The third kappa shape index (κ3) is 4.70. The fourth-order valence-corrected chi connectivity index (χ4v) is 3.83. The average molecular weight is 429 g/mol. The third-order valence-electron chi connectivity index (χ3n) is 5.50. The quantitative estimate of drug-likeness (QED) is 0.725. The minimum atomic E-state index is -0.0817. The molecule has 6 nitrogen and oxygen atoms in total. The van der Waals surface area contributed by atoms with E-state index in [2.05, 4.69) is 5.32 Å². The first-order valence-corrected chi connectivity index (χ1v) is 10.6. The largest absolute Gasteiger partial charge is 0.496 e. The molecular weight excluding hydrogens is 404 g/mol. The van der Waals surface area contributed by atoms with Gasteiger partial charge in [-0.1, -0.05) is 11.6 Å². The third-order valence-corrected chi connectivity index (χ3v) is 5.74. The van der Waals surface area contributed by atoms with Gasteiger partial charge in [-0.3, -0.25) is 9.59 Å². The molecule has 2 aromatic rings. The van der Waals surface area contributed by atoms with Gasteiger partial charge < -0.3 is 19.7 Å². The number of methoxy groups -OCH3 is 1. The molecule has 2 aromatic carbocycles. The number of carbonyl (C=O) groups excluding carboxylic acids is 2. The van der Waals surface area contributed by atoms with Gasteiger partial charge in [0.2, 0.25) is 0 Å². The van der Waals surface area contributed by atoms with E-state index in [1.165, 1.54) is 7.11 Å². The van der Waals surface area contributed by atoms with Gasteiger partial charge in [0.15, 0.2) is 0 Å². The highest BCUT2D eigenvalue weighted by Crippen LogP contribution is 2.28. The number of rotatable bonds is 7. The van der Waals surface area contributed by atoms with Gasteiger partial charge in [-0.2, -0.15) is 0 Å². The van der Waals surface area contributed by atoms with Crippen molar-refractivity contribution in [2.24, 2.45) is 0 Å². The van der Waals surface area contributed by atoms with Gasteiger partial charge in [-0.15, -0.1) is 0 Å². The molecule has 0 radical (unpaired) electrons. The lowest BCUT2D eigenvalue weighted by Gasteiger charge is -2.25. The van der Waals surface area contributed by atoms with Crippen LogP contribution in [0.4, 0.5) is 0 Å². The number of benzene rings is 2. The van der Waals surface area contributed by atoms with Crippen molar-refractivity contribution in [2.75, 3.05) is 20.3 Å². The van der Waals surface area contributed by atoms with Crippen LogP contribution in [0.25, 0.3) is 0 Å². The van der Waals surface area contributed by atoms with E-state index in [4.69, 9.17) is 21.1 Å². The van der Waals surface area contributed by atoms with Gasteiger partial charge in [0.1, 0.15) is 18.1 Å². The summed E-state index contributed by atoms with van der Waals surface area (Å²) in [5, 5.41) is 3.50. The number of halogens is 1. The van der Waals surface area contributed by atoms with Crippen molar-refractivity contribution in [1.82, 2.24) is 10.2 Å². The zero-order valence-electron chi connectivity index (χ0n) is 16.9. The molecule has 0 aromatic heterocycles. The molecule has 0 bridgehead atoms. The summed E-state index contributed by atoms with van der Waals surface area (Å²) in [5.41, 5.74) is 1.13. The highest BCUT2D eigenvalue weighted by molar-refractivity contribution is 6.30. The van der Waals surface area contributed by atoms with E-state index in [1.54, 1.807) is 42.5 Å². The molecule has 158 valence electrons. The van der Waals surface area contributed by atoms with Gasteiger partial charge in [0.25, 0.3) is 11.8 Å². The number of nitrogens with zero attached hydrogens (tertiary/aromatic N) is 1. The summed E-state index contributed by atoms with van der Waals surface area (Å²) in [6.07, 6.45) is 3.93. The molecule has 0 unspecified atom stereocenters. The van der Waals surface area contributed by atoms with Gasteiger partial charge >= 0.3 is 0 Å². The maximum Gasteiger partial charge on any atom is 0.257 e. The number of nitrogens with one attached hydrogen (secondary N) is 1. The van der Waals surface area contributed by atoms with Crippen LogP contribution in [0.5, 0.6) is 11.5 Å². The first kappa shape index (κ1) is 20.5. The van der Waals surface area contributed by atoms with E-state index < -0.39 is 0 Å². The van der Waals surface area contributed by atoms with Crippen molar-refractivity contribution >= 4 is 23.4 Å². The second-order valence-corrected chi connectivity index (χ2v) is 8.16. The summed E-state index contributed by atoms with van der Waals surface area (Å²) < 4.78 is 11.3. The molecule has 2 fully saturated rings. The van der Waals surface area contributed by atoms with E-state index in [1.807, 2.05) is 4.90 Å². The van der Waals surface area contributed by atoms with E-state index in [0.29, 0.717) is 46.8 Å². The molecule has 7 heteroatoms. The molecular formula is C23H25ClN2O4. The van der Waals surface area contributed by atoms with Crippen LogP contribution in [-0.4, -0.2) is 49.1 Å².